The molecule has 0 amide bonds. The average molecular weight is 326 g/mol. The van der Waals surface area contributed by atoms with E-state index < -0.39 is 0 Å². The summed E-state index contributed by atoms with van der Waals surface area (Å²) in [4.78, 5) is 0. The molecule has 0 aromatic heterocycles. The molecule has 0 heterocycles. The predicted molar refractivity (Wildman–Crippen MR) is 101 cm³/mol. The number of ether oxygens (including phenoxy) is 2. The smallest absolute Gasteiger partial charge is 0.197 e. The summed E-state index contributed by atoms with van der Waals surface area (Å²) in [6.45, 7) is 13.1. The molecule has 2 aromatic carbocycles. The Bertz CT molecular complexity index is 613. The van der Waals surface area contributed by atoms with Gasteiger partial charge in [-0.1, -0.05) is 49.6 Å². The van der Waals surface area contributed by atoms with E-state index in [9.17, 15) is 0 Å². The lowest BCUT2D eigenvalue weighted by molar-refractivity contribution is -0.0950. The summed E-state index contributed by atoms with van der Waals surface area (Å²) in [7, 11) is 0. The molecule has 0 saturated carbocycles. The van der Waals surface area contributed by atoms with Gasteiger partial charge in [0.1, 0.15) is 11.5 Å². The van der Waals surface area contributed by atoms with Gasteiger partial charge < -0.3 is 14.6 Å². The highest BCUT2D eigenvalue weighted by atomic mass is 16.7. The van der Waals surface area contributed by atoms with Crippen LogP contribution in [0, 0.1) is 0 Å². The van der Waals surface area contributed by atoms with E-state index in [1.165, 1.54) is 0 Å². The standard InChI is InChI=1S/C13H18O2.C8H8O/c1-5-12-6-8-13(9-7-12)15-11(4)14-10(2)3;1-2-7-3-5-8(9)6-4-7/h5-11H,1H2,2-4H3;2-6,9H,1H2. The predicted octanol–water partition coefficient (Wildman–Crippen LogP) is 5.51. The number of benzene rings is 2. The molecule has 2 rings (SSSR count). The minimum atomic E-state index is -0.223. The molecule has 3 nitrogen and oxygen atoms in total. The molecule has 0 aliphatic heterocycles. The van der Waals surface area contributed by atoms with E-state index in [1.54, 1.807) is 24.3 Å². The molecular weight excluding hydrogens is 300 g/mol. The maximum Gasteiger partial charge on any atom is 0.197 e. The monoisotopic (exact) mass is 326 g/mol. The van der Waals surface area contributed by atoms with E-state index in [0.717, 1.165) is 16.9 Å². The fourth-order valence-electron chi connectivity index (χ4n) is 1.90. The van der Waals surface area contributed by atoms with Gasteiger partial charge >= 0.3 is 0 Å². The second kappa shape index (κ2) is 10.3. The van der Waals surface area contributed by atoms with Gasteiger partial charge in [0.25, 0.3) is 0 Å². The minimum Gasteiger partial charge on any atom is -0.508 e. The van der Waals surface area contributed by atoms with Crippen molar-refractivity contribution in [1.82, 2.24) is 0 Å². The Balaban J connectivity index is 0.000000272. The highest BCUT2D eigenvalue weighted by Gasteiger charge is 2.05. The second-order valence-corrected chi connectivity index (χ2v) is 5.44. The molecule has 0 bridgehead atoms. The zero-order valence-corrected chi connectivity index (χ0v) is 14.6. The van der Waals surface area contributed by atoms with Crippen LogP contribution in [0.1, 0.15) is 31.9 Å². The summed E-state index contributed by atoms with van der Waals surface area (Å²) in [5, 5.41) is 8.82. The molecule has 0 aliphatic carbocycles. The quantitative estimate of drug-likeness (QED) is 0.711. The maximum atomic E-state index is 8.82. The molecule has 1 N–H and O–H groups in total. The summed E-state index contributed by atoms with van der Waals surface area (Å²) < 4.78 is 11.0. The molecule has 3 heteroatoms. The van der Waals surface area contributed by atoms with Gasteiger partial charge in [-0.15, -0.1) is 0 Å². The lowest BCUT2D eigenvalue weighted by atomic mass is 10.2. The Labute approximate surface area is 144 Å². The van der Waals surface area contributed by atoms with E-state index in [-0.39, 0.29) is 12.4 Å². The van der Waals surface area contributed by atoms with Gasteiger partial charge in [0.15, 0.2) is 6.29 Å². The molecule has 0 spiro atoms. The van der Waals surface area contributed by atoms with Crippen LogP contribution in [0.15, 0.2) is 61.7 Å². The largest absolute Gasteiger partial charge is 0.508 e. The number of rotatable bonds is 6. The third kappa shape index (κ3) is 7.65. The van der Waals surface area contributed by atoms with E-state index in [2.05, 4.69) is 13.2 Å². The third-order valence-electron chi connectivity index (χ3n) is 3.01. The Morgan fingerprint density at radius 3 is 1.71 bits per heavy atom. The fourth-order valence-corrected chi connectivity index (χ4v) is 1.90. The molecule has 128 valence electrons. The molecule has 2 aromatic rings. The molecule has 0 saturated heterocycles. The number of hydrogen-bond donors (Lipinski definition) is 1. The van der Waals surface area contributed by atoms with Crippen molar-refractivity contribution in [2.45, 2.75) is 33.2 Å². The van der Waals surface area contributed by atoms with Crippen LogP contribution in [-0.4, -0.2) is 17.5 Å². The van der Waals surface area contributed by atoms with Crippen molar-refractivity contribution < 1.29 is 14.6 Å². The van der Waals surface area contributed by atoms with E-state index in [4.69, 9.17) is 14.6 Å². The maximum absolute atomic E-state index is 8.82. The van der Waals surface area contributed by atoms with Crippen molar-refractivity contribution in [2.24, 2.45) is 0 Å². The van der Waals surface area contributed by atoms with Crippen LogP contribution in [0.3, 0.4) is 0 Å². The molecule has 0 aliphatic rings. The summed E-state index contributed by atoms with van der Waals surface area (Å²) >= 11 is 0. The first-order valence-electron chi connectivity index (χ1n) is 7.90. The lowest BCUT2D eigenvalue weighted by Gasteiger charge is -2.17. The zero-order chi connectivity index (χ0) is 17.9. The molecule has 1 unspecified atom stereocenters. The summed E-state index contributed by atoms with van der Waals surface area (Å²) in [6.07, 6.45) is 3.49. The zero-order valence-electron chi connectivity index (χ0n) is 14.6. The topological polar surface area (TPSA) is 38.7 Å². The van der Waals surface area contributed by atoms with Gasteiger partial charge in [-0.3, -0.25) is 0 Å². The van der Waals surface area contributed by atoms with Crippen LogP contribution >= 0.6 is 0 Å². The van der Waals surface area contributed by atoms with Crippen LogP contribution in [0.5, 0.6) is 11.5 Å². The van der Waals surface area contributed by atoms with E-state index in [0.29, 0.717) is 5.75 Å². The Hall–Kier alpha value is -2.52. The molecule has 0 fully saturated rings. The summed E-state index contributed by atoms with van der Waals surface area (Å²) in [5.41, 5.74) is 2.10. The first-order valence-corrected chi connectivity index (χ1v) is 7.90. The van der Waals surface area contributed by atoms with Crippen molar-refractivity contribution in [2.75, 3.05) is 0 Å². The second-order valence-electron chi connectivity index (χ2n) is 5.44. The van der Waals surface area contributed by atoms with Gasteiger partial charge in [0, 0.05) is 0 Å². The number of phenols is 1. The fraction of sp³-hybridized carbons (Fsp3) is 0.238. The Morgan fingerprint density at radius 1 is 0.833 bits per heavy atom. The van der Waals surface area contributed by atoms with Gasteiger partial charge in [0.2, 0.25) is 0 Å². The van der Waals surface area contributed by atoms with Gasteiger partial charge in [-0.2, -0.15) is 0 Å². The average Bonchev–Trinajstić information content (AvgIpc) is 2.56. The normalized spacial score (nSPS) is 11.2. The molecule has 24 heavy (non-hydrogen) atoms. The Kier molecular flexibility index (Phi) is 8.37. The SMILES string of the molecule is C=Cc1ccc(O)cc1.C=Cc1ccc(OC(C)OC(C)C)cc1. The first-order chi connectivity index (χ1) is 11.4. The lowest BCUT2D eigenvalue weighted by Crippen LogP contribution is -2.20. The van der Waals surface area contributed by atoms with Gasteiger partial charge in [0.05, 0.1) is 6.10 Å². The highest BCUT2D eigenvalue weighted by molar-refractivity contribution is 5.48. The minimum absolute atomic E-state index is 0.174. The van der Waals surface area contributed by atoms with Crippen LogP contribution in [-0.2, 0) is 4.74 Å². The number of phenolic OH excluding ortho intramolecular Hbond substituents is 1. The molecule has 0 radical (unpaired) electrons. The molecular formula is C21H26O3. The molecule has 1 atom stereocenters. The highest BCUT2D eigenvalue weighted by Crippen LogP contribution is 2.15. The van der Waals surface area contributed by atoms with Crippen molar-refractivity contribution in [1.29, 1.82) is 0 Å². The van der Waals surface area contributed by atoms with Crippen molar-refractivity contribution in [3.8, 4) is 11.5 Å². The van der Waals surface area contributed by atoms with Gasteiger partial charge in [-0.25, -0.2) is 0 Å². The number of hydrogen-bond acceptors (Lipinski definition) is 3. The van der Waals surface area contributed by atoms with Crippen LogP contribution in [0.2, 0.25) is 0 Å². The van der Waals surface area contributed by atoms with Crippen LogP contribution in [0.4, 0.5) is 0 Å². The van der Waals surface area contributed by atoms with Crippen LogP contribution in [0.25, 0.3) is 12.2 Å². The van der Waals surface area contributed by atoms with Crippen LogP contribution < -0.4 is 4.74 Å². The number of aromatic hydroxyl groups is 1. The van der Waals surface area contributed by atoms with Crippen molar-refractivity contribution in [3.63, 3.8) is 0 Å². The summed E-state index contributed by atoms with van der Waals surface area (Å²) in [5.74, 6) is 1.11. The Morgan fingerprint density at radius 2 is 1.29 bits per heavy atom. The van der Waals surface area contributed by atoms with Crippen molar-refractivity contribution in [3.05, 3.63) is 72.8 Å². The summed E-state index contributed by atoms with van der Waals surface area (Å²) in [6, 6.07) is 14.6. The third-order valence-corrected chi connectivity index (χ3v) is 3.01. The van der Waals surface area contributed by atoms with Crippen molar-refractivity contribution >= 4 is 12.2 Å². The van der Waals surface area contributed by atoms with E-state index in [1.807, 2.05) is 57.2 Å². The van der Waals surface area contributed by atoms with E-state index >= 15 is 0 Å². The first kappa shape index (κ1) is 19.5. The van der Waals surface area contributed by atoms with Gasteiger partial charge in [-0.05, 0) is 56.2 Å².